The fourth-order valence-corrected chi connectivity index (χ4v) is 2.76. The molecule has 2 atom stereocenters. The molecule has 1 aliphatic heterocycles. The average Bonchev–Trinajstić information content (AvgIpc) is 2.48. The van der Waals surface area contributed by atoms with Gasteiger partial charge in [-0.2, -0.15) is 0 Å². The van der Waals surface area contributed by atoms with Crippen molar-refractivity contribution >= 4 is 17.5 Å². The predicted octanol–water partition coefficient (Wildman–Crippen LogP) is 0.195. The summed E-state index contributed by atoms with van der Waals surface area (Å²) in [7, 11) is 0. The zero-order valence-electron chi connectivity index (χ0n) is 12.8. The zero-order chi connectivity index (χ0) is 15.9. The molecule has 1 unspecified atom stereocenters. The number of benzene rings is 1. The van der Waals surface area contributed by atoms with Crippen molar-refractivity contribution in [3.8, 4) is 0 Å². The van der Waals surface area contributed by atoms with E-state index in [0.717, 1.165) is 19.5 Å². The SMILES string of the molecule is C[C@H]1CCC[NH+](CC(=O)NCC(=O)Nc2ccc(F)cc2)C1. The van der Waals surface area contributed by atoms with Gasteiger partial charge in [0.25, 0.3) is 5.91 Å². The van der Waals surface area contributed by atoms with Gasteiger partial charge in [0.1, 0.15) is 5.82 Å². The second kappa shape index (κ2) is 7.89. The van der Waals surface area contributed by atoms with Crippen LogP contribution in [0.1, 0.15) is 19.8 Å². The Morgan fingerprint density at radius 1 is 1.27 bits per heavy atom. The average molecular weight is 308 g/mol. The van der Waals surface area contributed by atoms with Crippen LogP contribution in [0.4, 0.5) is 10.1 Å². The Bertz CT molecular complexity index is 519. The van der Waals surface area contributed by atoms with Crippen molar-refractivity contribution < 1.29 is 18.9 Å². The molecule has 5 nitrogen and oxygen atoms in total. The van der Waals surface area contributed by atoms with Crippen molar-refractivity contribution in [2.24, 2.45) is 5.92 Å². The molecule has 1 aromatic carbocycles. The van der Waals surface area contributed by atoms with Gasteiger partial charge < -0.3 is 15.5 Å². The highest BCUT2D eigenvalue weighted by Crippen LogP contribution is 2.07. The number of nitrogens with one attached hydrogen (secondary N) is 3. The van der Waals surface area contributed by atoms with Crippen LogP contribution in [0.2, 0.25) is 0 Å². The molecule has 6 heteroatoms. The Labute approximate surface area is 129 Å². The van der Waals surface area contributed by atoms with Crippen LogP contribution < -0.4 is 15.5 Å². The second-order valence-corrected chi connectivity index (χ2v) is 5.96. The summed E-state index contributed by atoms with van der Waals surface area (Å²) < 4.78 is 12.8. The molecule has 2 amide bonds. The van der Waals surface area contributed by atoms with Crippen LogP contribution in [-0.4, -0.2) is 38.0 Å². The predicted molar refractivity (Wildman–Crippen MR) is 82.0 cm³/mol. The van der Waals surface area contributed by atoms with Gasteiger partial charge in [0.15, 0.2) is 6.54 Å². The van der Waals surface area contributed by atoms with Crippen molar-refractivity contribution in [2.75, 3.05) is 31.5 Å². The normalized spacial score (nSPS) is 21.2. The summed E-state index contributed by atoms with van der Waals surface area (Å²) in [6, 6.07) is 5.51. The van der Waals surface area contributed by atoms with Gasteiger partial charge in [-0.3, -0.25) is 9.59 Å². The molecule has 1 aliphatic rings. The highest BCUT2D eigenvalue weighted by molar-refractivity contribution is 5.94. The highest BCUT2D eigenvalue weighted by atomic mass is 19.1. The van der Waals surface area contributed by atoms with Gasteiger partial charge in [-0.05, 0) is 37.1 Å². The minimum atomic E-state index is -0.356. The third-order valence-electron chi connectivity index (χ3n) is 3.85. The molecule has 0 spiro atoms. The number of hydrogen-bond acceptors (Lipinski definition) is 2. The summed E-state index contributed by atoms with van der Waals surface area (Å²) in [5, 5.41) is 5.24. The van der Waals surface area contributed by atoms with Crippen molar-refractivity contribution in [3.05, 3.63) is 30.1 Å². The number of hydrogen-bond donors (Lipinski definition) is 3. The van der Waals surface area contributed by atoms with E-state index in [2.05, 4.69) is 17.6 Å². The Hall–Kier alpha value is -1.95. The summed E-state index contributed by atoms with van der Waals surface area (Å²) in [4.78, 5) is 24.9. The zero-order valence-corrected chi connectivity index (χ0v) is 12.8. The first-order valence-electron chi connectivity index (χ1n) is 7.68. The van der Waals surface area contributed by atoms with Crippen molar-refractivity contribution in [1.82, 2.24) is 5.32 Å². The number of amides is 2. The topological polar surface area (TPSA) is 62.6 Å². The summed E-state index contributed by atoms with van der Waals surface area (Å²) in [5.41, 5.74) is 0.510. The molecule has 1 heterocycles. The largest absolute Gasteiger partial charge is 0.342 e. The lowest BCUT2D eigenvalue weighted by molar-refractivity contribution is -0.900. The van der Waals surface area contributed by atoms with Crippen LogP contribution in [0.5, 0.6) is 0 Å². The number of likely N-dealkylation sites (tertiary alicyclic amines) is 1. The number of carbonyl (C=O) groups excluding carboxylic acids is 2. The minimum Gasteiger partial charge on any atom is -0.342 e. The molecular formula is C16H23FN3O2+. The van der Waals surface area contributed by atoms with Crippen LogP contribution in [0, 0.1) is 11.7 Å². The highest BCUT2D eigenvalue weighted by Gasteiger charge is 2.22. The van der Waals surface area contributed by atoms with Gasteiger partial charge in [-0.25, -0.2) is 4.39 Å². The van der Waals surface area contributed by atoms with Crippen LogP contribution in [0.25, 0.3) is 0 Å². The van der Waals surface area contributed by atoms with Crippen molar-refractivity contribution in [1.29, 1.82) is 0 Å². The van der Waals surface area contributed by atoms with E-state index in [0.29, 0.717) is 18.2 Å². The van der Waals surface area contributed by atoms with E-state index >= 15 is 0 Å². The lowest BCUT2D eigenvalue weighted by Gasteiger charge is -2.27. The van der Waals surface area contributed by atoms with E-state index in [9.17, 15) is 14.0 Å². The van der Waals surface area contributed by atoms with E-state index in [4.69, 9.17) is 0 Å². The van der Waals surface area contributed by atoms with Crippen molar-refractivity contribution in [2.45, 2.75) is 19.8 Å². The lowest BCUT2D eigenvalue weighted by Crippen LogP contribution is -3.14. The number of piperidine rings is 1. The van der Waals surface area contributed by atoms with Gasteiger partial charge >= 0.3 is 0 Å². The molecule has 1 aromatic rings. The third-order valence-corrected chi connectivity index (χ3v) is 3.85. The maximum absolute atomic E-state index is 12.8. The molecular weight excluding hydrogens is 285 g/mol. The number of rotatable bonds is 5. The molecule has 0 saturated carbocycles. The summed E-state index contributed by atoms with van der Waals surface area (Å²) in [6.45, 7) is 4.56. The van der Waals surface area contributed by atoms with Crippen LogP contribution in [0.3, 0.4) is 0 Å². The van der Waals surface area contributed by atoms with Gasteiger partial charge in [0, 0.05) is 11.6 Å². The summed E-state index contributed by atoms with van der Waals surface area (Å²) >= 11 is 0. The first-order chi connectivity index (χ1) is 10.5. The molecule has 0 bridgehead atoms. The summed E-state index contributed by atoms with van der Waals surface area (Å²) in [6.07, 6.45) is 2.38. The quantitative estimate of drug-likeness (QED) is 0.727. The molecule has 0 aromatic heterocycles. The Morgan fingerprint density at radius 3 is 2.68 bits per heavy atom. The number of anilines is 1. The van der Waals surface area contributed by atoms with Crippen LogP contribution in [0.15, 0.2) is 24.3 Å². The Kier molecular flexibility index (Phi) is 5.89. The third kappa shape index (κ3) is 5.44. The standard InChI is InChI=1S/C16H22FN3O2/c1-12-3-2-8-20(10-12)11-16(22)18-9-15(21)19-14-6-4-13(17)5-7-14/h4-7,12H,2-3,8-11H2,1H3,(H,18,22)(H,19,21)/p+1/t12-/m0/s1. The fourth-order valence-electron chi connectivity index (χ4n) is 2.76. The molecule has 0 aliphatic carbocycles. The first kappa shape index (κ1) is 16.4. The smallest absolute Gasteiger partial charge is 0.275 e. The van der Waals surface area contributed by atoms with Crippen LogP contribution >= 0.6 is 0 Å². The number of halogens is 1. The van der Waals surface area contributed by atoms with E-state index < -0.39 is 0 Å². The van der Waals surface area contributed by atoms with E-state index in [-0.39, 0.29) is 24.2 Å². The second-order valence-electron chi connectivity index (χ2n) is 5.96. The van der Waals surface area contributed by atoms with E-state index in [1.807, 2.05) is 0 Å². The number of quaternary nitrogens is 1. The molecule has 2 rings (SSSR count). The van der Waals surface area contributed by atoms with Crippen LogP contribution in [-0.2, 0) is 9.59 Å². The fraction of sp³-hybridized carbons (Fsp3) is 0.500. The molecule has 120 valence electrons. The van der Waals surface area contributed by atoms with E-state index in [1.165, 1.54) is 35.6 Å². The Balaban J connectivity index is 1.69. The maximum atomic E-state index is 12.8. The number of carbonyl (C=O) groups is 2. The molecule has 22 heavy (non-hydrogen) atoms. The molecule has 1 fully saturated rings. The maximum Gasteiger partial charge on any atom is 0.275 e. The van der Waals surface area contributed by atoms with Crippen molar-refractivity contribution in [3.63, 3.8) is 0 Å². The molecule has 0 radical (unpaired) electrons. The molecule has 3 N–H and O–H groups in total. The van der Waals surface area contributed by atoms with Gasteiger partial charge in [0.2, 0.25) is 5.91 Å². The Morgan fingerprint density at radius 2 is 2.00 bits per heavy atom. The van der Waals surface area contributed by atoms with Gasteiger partial charge in [0.05, 0.1) is 19.6 Å². The lowest BCUT2D eigenvalue weighted by atomic mass is 10.0. The van der Waals surface area contributed by atoms with Gasteiger partial charge in [-0.1, -0.05) is 6.92 Å². The first-order valence-corrected chi connectivity index (χ1v) is 7.68. The minimum absolute atomic E-state index is 0.0704. The van der Waals surface area contributed by atoms with Gasteiger partial charge in [-0.15, -0.1) is 0 Å². The van der Waals surface area contributed by atoms with E-state index in [1.54, 1.807) is 0 Å². The molecule has 1 saturated heterocycles. The monoisotopic (exact) mass is 308 g/mol. The summed E-state index contributed by atoms with van der Waals surface area (Å²) in [5.74, 6) is -0.135.